The van der Waals surface area contributed by atoms with Gasteiger partial charge in [-0.25, -0.2) is 4.39 Å². The number of aromatic nitrogens is 2. The molecule has 0 spiro atoms. The number of amides is 1. The molecule has 1 fully saturated rings. The number of nitrogens with one attached hydrogen (secondary N) is 2. The van der Waals surface area contributed by atoms with Crippen LogP contribution in [-0.4, -0.2) is 40.5 Å². The summed E-state index contributed by atoms with van der Waals surface area (Å²) < 4.78 is 14.4. The average Bonchev–Trinajstić information content (AvgIpc) is 2.61. The van der Waals surface area contributed by atoms with Crippen LogP contribution in [0.4, 0.5) is 16.2 Å². The molecule has 0 radical (unpaired) electrons. The number of aromatic amines is 1. The van der Waals surface area contributed by atoms with Crippen LogP contribution in [0.1, 0.15) is 23.5 Å². The van der Waals surface area contributed by atoms with Crippen LogP contribution < -0.4 is 15.8 Å². The number of rotatable bonds is 2. The van der Waals surface area contributed by atoms with Gasteiger partial charge in [-0.05, 0) is 12.1 Å². The van der Waals surface area contributed by atoms with Crippen molar-refractivity contribution in [1.82, 2.24) is 9.97 Å². The van der Waals surface area contributed by atoms with Crippen molar-refractivity contribution in [2.45, 2.75) is 12.3 Å². The van der Waals surface area contributed by atoms with Crippen molar-refractivity contribution in [3.05, 3.63) is 50.5 Å². The van der Waals surface area contributed by atoms with Crippen molar-refractivity contribution in [1.29, 1.82) is 0 Å². The van der Waals surface area contributed by atoms with Crippen LogP contribution in [-0.2, 0) is 4.79 Å². The lowest BCUT2D eigenvalue weighted by Crippen LogP contribution is -2.37. The second-order valence-corrected chi connectivity index (χ2v) is 7.82. The summed E-state index contributed by atoms with van der Waals surface area (Å²) >= 11 is 8.01. The molecule has 136 valence electrons. The van der Waals surface area contributed by atoms with Crippen molar-refractivity contribution in [2.75, 3.05) is 34.8 Å². The Morgan fingerprint density at radius 2 is 2.00 bits per heavy atom. The van der Waals surface area contributed by atoms with Gasteiger partial charge in [-0.2, -0.15) is 16.7 Å². The van der Waals surface area contributed by atoms with Gasteiger partial charge in [-0.1, -0.05) is 17.7 Å². The maximum Gasteiger partial charge on any atom is 0.258 e. The molecule has 1 aromatic carbocycles. The third kappa shape index (κ3) is 3.07. The van der Waals surface area contributed by atoms with Crippen LogP contribution >= 0.6 is 23.4 Å². The van der Waals surface area contributed by atoms with Crippen molar-refractivity contribution >= 4 is 41.0 Å². The molecule has 1 amide bonds. The molecule has 2 aliphatic rings. The van der Waals surface area contributed by atoms with Gasteiger partial charge in [-0.3, -0.25) is 14.6 Å². The topological polar surface area (TPSA) is 78.1 Å². The molecule has 1 saturated heterocycles. The number of hydrogen-bond donors (Lipinski definition) is 2. The fraction of sp³-hybridized carbons (Fsp3) is 0.353. The van der Waals surface area contributed by atoms with Gasteiger partial charge in [0.25, 0.3) is 5.56 Å². The summed E-state index contributed by atoms with van der Waals surface area (Å²) in [5.74, 6) is 0.868. The third-order valence-corrected chi connectivity index (χ3v) is 5.87. The number of nitrogens with zero attached hydrogens (tertiary/aromatic N) is 2. The average molecular weight is 395 g/mol. The Bertz CT molecular complexity index is 909. The molecular formula is C17H16ClFN4O2S. The Labute approximate surface area is 158 Å². The number of carbonyl (C=O) groups is 1. The Morgan fingerprint density at radius 1 is 1.23 bits per heavy atom. The molecule has 1 aromatic heterocycles. The molecule has 0 saturated carbocycles. The summed E-state index contributed by atoms with van der Waals surface area (Å²) in [6.45, 7) is 1.53. The van der Waals surface area contributed by atoms with E-state index < -0.39 is 11.7 Å². The Balaban J connectivity index is 1.83. The number of hydrogen-bond acceptors (Lipinski definition) is 5. The van der Waals surface area contributed by atoms with Gasteiger partial charge in [0.05, 0.1) is 5.56 Å². The highest BCUT2D eigenvalue weighted by atomic mass is 35.5. The quantitative estimate of drug-likeness (QED) is 0.818. The second kappa shape index (κ2) is 6.92. The number of halogens is 2. The van der Waals surface area contributed by atoms with Crippen LogP contribution in [0.25, 0.3) is 0 Å². The van der Waals surface area contributed by atoms with E-state index in [1.54, 1.807) is 6.07 Å². The minimum Gasteiger partial charge on any atom is -0.341 e. The minimum atomic E-state index is -0.769. The van der Waals surface area contributed by atoms with Crippen LogP contribution in [0.15, 0.2) is 23.0 Å². The molecule has 4 rings (SSSR count). The van der Waals surface area contributed by atoms with E-state index in [0.717, 1.165) is 24.6 Å². The SMILES string of the molecule is O=C1CC(c2c(F)cccc2Cl)c2c(nc(N3CCSCC3)[nH]c2=O)N1. The molecule has 0 bridgehead atoms. The van der Waals surface area contributed by atoms with Gasteiger partial charge in [0.1, 0.15) is 11.6 Å². The molecule has 2 aliphatic heterocycles. The predicted octanol–water partition coefficient (Wildman–Crippen LogP) is 2.59. The molecule has 0 aliphatic carbocycles. The lowest BCUT2D eigenvalue weighted by Gasteiger charge is -2.29. The van der Waals surface area contributed by atoms with Gasteiger partial charge in [0.15, 0.2) is 0 Å². The number of fused-ring (bicyclic) bond motifs is 1. The van der Waals surface area contributed by atoms with Crippen molar-refractivity contribution < 1.29 is 9.18 Å². The van der Waals surface area contributed by atoms with Crippen LogP contribution in [0, 0.1) is 5.82 Å². The van der Waals surface area contributed by atoms with Gasteiger partial charge in [-0.15, -0.1) is 0 Å². The molecular weight excluding hydrogens is 379 g/mol. The zero-order valence-electron chi connectivity index (χ0n) is 13.7. The van der Waals surface area contributed by atoms with Crippen molar-refractivity contribution in [3.8, 4) is 0 Å². The molecule has 3 heterocycles. The predicted molar refractivity (Wildman–Crippen MR) is 101 cm³/mol. The normalized spacial score (nSPS) is 19.8. The van der Waals surface area contributed by atoms with E-state index in [0.29, 0.717) is 5.95 Å². The highest BCUT2D eigenvalue weighted by molar-refractivity contribution is 7.99. The zero-order valence-corrected chi connectivity index (χ0v) is 15.3. The van der Waals surface area contributed by atoms with E-state index >= 15 is 0 Å². The highest BCUT2D eigenvalue weighted by Crippen LogP contribution is 2.38. The first kappa shape index (κ1) is 17.4. The lowest BCUT2D eigenvalue weighted by atomic mass is 9.86. The van der Waals surface area contributed by atoms with Crippen LogP contribution in [0.3, 0.4) is 0 Å². The van der Waals surface area contributed by atoms with Crippen LogP contribution in [0.2, 0.25) is 5.02 Å². The fourth-order valence-corrected chi connectivity index (χ4v) is 4.57. The number of thioether (sulfide) groups is 1. The van der Waals surface area contributed by atoms with Gasteiger partial charge in [0, 0.05) is 47.5 Å². The second-order valence-electron chi connectivity index (χ2n) is 6.19. The van der Waals surface area contributed by atoms with E-state index in [-0.39, 0.29) is 39.9 Å². The highest BCUT2D eigenvalue weighted by Gasteiger charge is 2.34. The molecule has 26 heavy (non-hydrogen) atoms. The summed E-state index contributed by atoms with van der Waals surface area (Å²) in [5.41, 5.74) is 0.0129. The van der Waals surface area contributed by atoms with Crippen LogP contribution in [0.5, 0.6) is 0 Å². The van der Waals surface area contributed by atoms with Crippen molar-refractivity contribution in [3.63, 3.8) is 0 Å². The first-order valence-electron chi connectivity index (χ1n) is 8.25. The van der Waals surface area contributed by atoms with E-state index in [1.807, 2.05) is 16.7 Å². The fourth-order valence-electron chi connectivity index (χ4n) is 3.37. The first-order chi connectivity index (χ1) is 12.5. The van der Waals surface area contributed by atoms with Gasteiger partial charge in [0.2, 0.25) is 11.9 Å². The Kier molecular flexibility index (Phi) is 4.62. The first-order valence-corrected chi connectivity index (χ1v) is 9.78. The van der Waals surface area contributed by atoms with Crippen molar-refractivity contribution in [2.24, 2.45) is 0 Å². The summed E-state index contributed by atoms with van der Waals surface area (Å²) in [7, 11) is 0. The standard InChI is InChI=1S/C17H16ClFN4O2S/c18-10-2-1-3-11(19)13(10)9-8-12(24)20-15-14(9)16(25)22-17(21-15)23-4-6-26-7-5-23/h1-3,9H,4-8H2,(H2,20,21,22,24,25). The molecule has 2 aromatic rings. The maximum absolute atomic E-state index is 14.4. The molecule has 1 atom stereocenters. The van der Waals surface area contributed by atoms with E-state index in [9.17, 15) is 14.0 Å². The minimum absolute atomic E-state index is 0.0574. The molecule has 2 N–H and O–H groups in total. The number of benzene rings is 1. The monoisotopic (exact) mass is 394 g/mol. The Morgan fingerprint density at radius 3 is 2.73 bits per heavy atom. The zero-order chi connectivity index (χ0) is 18.3. The number of anilines is 2. The molecule has 9 heteroatoms. The van der Waals surface area contributed by atoms with Gasteiger partial charge < -0.3 is 10.2 Å². The summed E-state index contributed by atoms with van der Waals surface area (Å²) in [6, 6.07) is 4.31. The number of H-pyrrole nitrogens is 1. The summed E-state index contributed by atoms with van der Waals surface area (Å²) in [5, 5.41) is 2.84. The third-order valence-electron chi connectivity index (χ3n) is 4.60. The smallest absolute Gasteiger partial charge is 0.258 e. The van der Waals surface area contributed by atoms with E-state index in [2.05, 4.69) is 15.3 Å². The largest absolute Gasteiger partial charge is 0.341 e. The Hall–Kier alpha value is -2.06. The lowest BCUT2D eigenvalue weighted by molar-refractivity contribution is -0.116. The van der Waals surface area contributed by atoms with E-state index in [1.165, 1.54) is 12.1 Å². The molecule has 6 nitrogen and oxygen atoms in total. The summed E-state index contributed by atoms with van der Waals surface area (Å²) in [4.78, 5) is 34.2. The summed E-state index contributed by atoms with van der Waals surface area (Å²) in [6.07, 6.45) is -0.0574. The van der Waals surface area contributed by atoms with E-state index in [4.69, 9.17) is 11.6 Å². The maximum atomic E-state index is 14.4. The molecule has 1 unspecified atom stereocenters. The number of carbonyl (C=O) groups excluding carboxylic acids is 1. The van der Waals surface area contributed by atoms with Gasteiger partial charge >= 0.3 is 0 Å².